The van der Waals surface area contributed by atoms with Crippen LogP contribution in [0.15, 0.2) is 49.2 Å². The second-order valence-corrected chi connectivity index (χ2v) is 4.64. The van der Waals surface area contributed by atoms with Gasteiger partial charge in [0.15, 0.2) is 5.69 Å². The lowest BCUT2D eigenvalue weighted by Gasteiger charge is -2.07. The topological polar surface area (TPSA) is 94.8 Å². The summed E-state index contributed by atoms with van der Waals surface area (Å²) in [6.07, 6.45) is 6.83. The SMILES string of the molecule is COc1ccc(C(=O)NCc2ccnc(-n3ccnc3)c2)nn1. The number of carbonyl (C=O) groups is 1. The predicted octanol–water partition coefficient (Wildman–Crippen LogP) is 0.996. The zero-order valence-electron chi connectivity index (χ0n) is 12.4. The minimum Gasteiger partial charge on any atom is -0.480 e. The molecule has 0 aliphatic heterocycles. The molecule has 0 saturated carbocycles. The van der Waals surface area contributed by atoms with Gasteiger partial charge in [0.2, 0.25) is 5.88 Å². The summed E-state index contributed by atoms with van der Waals surface area (Å²) < 4.78 is 6.70. The molecule has 3 rings (SSSR count). The van der Waals surface area contributed by atoms with Crippen LogP contribution in [0, 0.1) is 0 Å². The largest absolute Gasteiger partial charge is 0.480 e. The fourth-order valence-corrected chi connectivity index (χ4v) is 1.93. The van der Waals surface area contributed by atoms with Gasteiger partial charge in [-0.1, -0.05) is 0 Å². The molecule has 0 aliphatic rings. The Kier molecular flexibility index (Phi) is 4.23. The van der Waals surface area contributed by atoms with Crippen LogP contribution in [0.25, 0.3) is 5.82 Å². The molecule has 3 aromatic rings. The lowest BCUT2D eigenvalue weighted by atomic mass is 10.2. The van der Waals surface area contributed by atoms with Crippen molar-refractivity contribution in [1.82, 2.24) is 30.0 Å². The number of amides is 1. The van der Waals surface area contributed by atoms with Crippen LogP contribution in [-0.4, -0.2) is 37.7 Å². The molecule has 8 nitrogen and oxygen atoms in total. The van der Waals surface area contributed by atoms with Gasteiger partial charge < -0.3 is 10.1 Å². The highest BCUT2D eigenvalue weighted by Crippen LogP contribution is 2.07. The molecular weight excluding hydrogens is 296 g/mol. The summed E-state index contributed by atoms with van der Waals surface area (Å²) in [5.41, 5.74) is 1.15. The van der Waals surface area contributed by atoms with E-state index in [1.54, 1.807) is 41.6 Å². The highest BCUT2D eigenvalue weighted by molar-refractivity contribution is 5.92. The first-order valence-corrected chi connectivity index (χ1v) is 6.85. The van der Waals surface area contributed by atoms with Crippen molar-refractivity contribution >= 4 is 5.91 Å². The maximum Gasteiger partial charge on any atom is 0.272 e. The number of aromatic nitrogens is 5. The van der Waals surface area contributed by atoms with Crippen molar-refractivity contribution in [1.29, 1.82) is 0 Å². The average molecular weight is 310 g/mol. The van der Waals surface area contributed by atoms with Crippen LogP contribution >= 0.6 is 0 Å². The normalized spacial score (nSPS) is 10.3. The minimum atomic E-state index is -0.304. The third-order valence-electron chi connectivity index (χ3n) is 3.11. The number of ether oxygens (including phenoxy) is 1. The van der Waals surface area contributed by atoms with Gasteiger partial charge in [-0.3, -0.25) is 9.36 Å². The first-order valence-electron chi connectivity index (χ1n) is 6.85. The van der Waals surface area contributed by atoms with Crippen LogP contribution in [0.4, 0.5) is 0 Å². The van der Waals surface area contributed by atoms with Crippen molar-refractivity contribution in [2.24, 2.45) is 0 Å². The van der Waals surface area contributed by atoms with Crippen molar-refractivity contribution in [3.05, 3.63) is 60.4 Å². The first-order chi connectivity index (χ1) is 11.3. The molecule has 3 heterocycles. The zero-order chi connectivity index (χ0) is 16.1. The summed E-state index contributed by atoms with van der Waals surface area (Å²) in [5.74, 6) is 0.792. The summed E-state index contributed by atoms with van der Waals surface area (Å²) in [5, 5.41) is 10.4. The summed E-state index contributed by atoms with van der Waals surface area (Å²) in [6.45, 7) is 0.358. The molecule has 0 saturated heterocycles. The van der Waals surface area contributed by atoms with E-state index in [-0.39, 0.29) is 11.6 Å². The van der Waals surface area contributed by atoms with Gasteiger partial charge in [0.1, 0.15) is 12.1 Å². The summed E-state index contributed by atoms with van der Waals surface area (Å²) in [6, 6.07) is 6.86. The molecule has 8 heteroatoms. The van der Waals surface area contributed by atoms with E-state index in [0.29, 0.717) is 12.4 Å². The Bertz CT molecular complexity index is 786. The van der Waals surface area contributed by atoms with Crippen LogP contribution in [0.2, 0.25) is 0 Å². The van der Waals surface area contributed by atoms with E-state index in [9.17, 15) is 4.79 Å². The number of nitrogens with one attached hydrogen (secondary N) is 1. The molecule has 0 spiro atoms. The third-order valence-corrected chi connectivity index (χ3v) is 3.11. The molecule has 1 amide bonds. The lowest BCUT2D eigenvalue weighted by molar-refractivity contribution is 0.0944. The number of rotatable bonds is 5. The molecular formula is C15H14N6O2. The number of hydrogen-bond acceptors (Lipinski definition) is 6. The van der Waals surface area contributed by atoms with E-state index < -0.39 is 0 Å². The number of methoxy groups -OCH3 is 1. The molecule has 0 bridgehead atoms. The molecule has 23 heavy (non-hydrogen) atoms. The average Bonchev–Trinajstić information content (AvgIpc) is 3.15. The molecule has 3 aromatic heterocycles. The van der Waals surface area contributed by atoms with E-state index in [0.717, 1.165) is 11.4 Å². The molecule has 1 N–H and O–H groups in total. The highest BCUT2D eigenvalue weighted by atomic mass is 16.5. The van der Waals surface area contributed by atoms with Crippen molar-refractivity contribution in [2.75, 3.05) is 7.11 Å². The maximum absolute atomic E-state index is 12.0. The van der Waals surface area contributed by atoms with E-state index in [2.05, 4.69) is 25.5 Å². The van der Waals surface area contributed by atoms with Crippen LogP contribution in [0.3, 0.4) is 0 Å². The summed E-state index contributed by atoms with van der Waals surface area (Å²) in [4.78, 5) is 20.3. The quantitative estimate of drug-likeness (QED) is 0.755. The zero-order valence-corrected chi connectivity index (χ0v) is 12.4. The van der Waals surface area contributed by atoms with E-state index in [1.165, 1.54) is 7.11 Å². The van der Waals surface area contributed by atoms with Gasteiger partial charge in [-0.25, -0.2) is 9.97 Å². The Hall–Kier alpha value is -3.29. The second-order valence-electron chi connectivity index (χ2n) is 4.64. The number of carbonyl (C=O) groups excluding carboxylic acids is 1. The lowest BCUT2D eigenvalue weighted by Crippen LogP contribution is -2.24. The van der Waals surface area contributed by atoms with E-state index >= 15 is 0 Å². The van der Waals surface area contributed by atoms with Crippen molar-refractivity contribution in [3.63, 3.8) is 0 Å². The van der Waals surface area contributed by atoms with Crippen molar-refractivity contribution < 1.29 is 9.53 Å². The highest BCUT2D eigenvalue weighted by Gasteiger charge is 2.08. The monoisotopic (exact) mass is 310 g/mol. The maximum atomic E-state index is 12.0. The van der Waals surface area contributed by atoms with Crippen molar-refractivity contribution in [3.8, 4) is 11.7 Å². The Morgan fingerprint density at radius 1 is 1.26 bits per heavy atom. The Morgan fingerprint density at radius 2 is 2.17 bits per heavy atom. The Labute approximate surface area is 132 Å². The smallest absolute Gasteiger partial charge is 0.272 e. The van der Waals surface area contributed by atoms with Gasteiger partial charge in [0.25, 0.3) is 5.91 Å². The molecule has 0 unspecified atom stereocenters. The second kappa shape index (κ2) is 6.65. The molecule has 116 valence electrons. The fourth-order valence-electron chi connectivity index (χ4n) is 1.93. The van der Waals surface area contributed by atoms with Crippen LogP contribution in [-0.2, 0) is 6.54 Å². The third kappa shape index (κ3) is 3.49. The van der Waals surface area contributed by atoms with Gasteiger partial charge in [-0.05, 0) is 23.8 Å². The van der Waals surface area contributed by atoms with Gasteiger partial charge in [0.05, 0.1) is 7.11 Å². The van der Waals surface area contributed by atoms with Gasteiger partial charge in [-0.2, -0.15) is 0 Å². The number of imidazole rings is 1. The predicted molar refractivity (Wildman–Crippen MR) is 81.1 cm³/mol. The molecule has 0 fully saturated rings. The fraction of sp³-hybridized carbons (Fsp3) is 0.133. The minimum absolute atomic E-state index is 0.231. The van der Waals surface area contributed by atoms with Gasteiger partial charge in [-0.15, -0.1) is 10.2 Å². The van der Waals surface area contributed by atoms with Crippen LogP contribution in [0.1, 0.15) is 16.1 Å². The molecule has 0 aliphatic carbocycles. The summed E-state index contributed by atoms with van der Waals surface area (Å²) in [7, 11) is 1.49. The van der Waals surface area contributed by atoms with Crippen molar-refractivity contribution in [2.45, 2.75) is 6.54 Å². The number of nitrogens with zero attached hydrogens (tertiary/aromatic N) is 5. The molecule has 0 aromatic carbocycles. The van der Waals surface area contributed by atoms with Gasteiger partial charge in [0, 0.05) is 31.2 Å². The number of hydrogen-bond donors (Lipinski definition) is 1. The summed E-state index contributed by atoms with van der Waals surface area (Å²) >= 11 is 0. The van der Waals surface area contributed by atoms with Gasteiger partial charge >= 0.3 is 0 Å². The number of pyridine rings is 1. The van der Waals surface area contributed by atoms with Crippen LogP contribution in [0.5, 0.6) is 5.88 Å². The molecule has 0 radical (unpaired) electrons. The van der Waals surface area contributed by atoms with Crippen LogP contribution < -0.4 is 10.1 Å². The first kappa shape index (κ1) is 14.6. The molecule has 0 atom stereocenters. The van der Waals surface area contributed by atoms with E-state index in [1.807, 2.05) is 12.1 Å². The Balaban J connectivity index is 1.65. The Morgan fingerprint density at radius 3 is 2.87 bits per heavy atom. The standard InChI is InChI=1S/C15H14N6O2/c1-23-14-3-2-12(19-20-14)15(22)18-9-11-4-5-17-13(8-11)21-7-6-16-10-21/h2-8,10H,9H2,1H3,(H,18,22). The van der Waals surface area contributed by atoms with E-state index in [4.69, 9.17) is 4.74 Å².